The number of nitrogens with zero attached hydrogens (tertiary/aromatic N) is 3. The number of fused-ring (bicyclic) bond motifs is 3. The predicted molar refractivity (Wildman–Crippen MR) is 110 cm³/mol. The molecule has 0 aliphatic heterocycles. The molecule has 0 saturated carbocycles. The van der Waals surface area contributed by atoms with Gasteiger partial charge in [-0.2, -0.15) is 9.78 Å². The van der Waals surface area contributed by atoms with E-state index < -0.39 is 0 Å². The van der Waals surface area contributed by atoms with Crippen LogP contribution in [0.15, 0.2) is 57.3 Å². The molecular formula is C20H18N4O2S. The van der Waals surface area contributed by atoms with Crippen molar-refractivity contribution in [2.45, 2.75) is 11.8 Å². The van der Waals surface area contributed by atoms with E-state index in [2.05, 4.69) is 15.1 Å². The van der Waals surface area contributed by atoms with Gasteiger partial charge in [0.1, 0.15) is 22.6 Å². The number of thioether (sulfide) groups is 1. The molecule has 2 heterocycles. The number of H-pyrrole nitrogens is 1. The fourth-order valence-electron chi connectivity index (χ4n) is 2.97. The van der Waals surface area contributed by atoms with Crippen LogP contribution in [0, 0.1) is 6.92 Å². The highest BCUT2D eigenvalue weighted by atomic mass is 32.2. The van der Waals surface area contributed by atoms with Crippen molar-refractivity contribution in [1.29, 1.82) is 0 Å². The van der Waals surface area contributed by atoms with Gasteiger partial charge in [-0.15, -0.1) is 11.8 Å². The molecule has 0 unspecified atom stereocenters. The van der Waals surface area contributed by atoms with Gasteiger partial charge in [0.05, 0.1) is 13.3 Å². The first-order chi connectivity index (χ1) is 13.1. The summed E-state index contributed by atoms with van der Waals surface area (Å²) in [6, 6.07) is 13.6. The lowest BCUT2D eigenvalue weighted by Gasteiger charge is -2.03. The second kappa shape index (κ2) is 6.92. The smallest absolute Gasteiger partial charge is 0.298 e. The first-order valence-corrected chi connectivity index (χ1v) is 9.60. The number of benzene rings is 2. The number of ether oxygens (including phenoxy) is 1. The fraction of sp³-hybridized carbons (Fsp3) is 0.150. The number of methoxy groups -OCH3 is 1. The molecule has 4 aromatic rings. The van der Waals surface area contributed by atoms with Gasteiger partial charge < -0.3 is 9.72 Å². The standard InChI is InChI=1S/C20H18N4O2S/c1-12-22-18-16-10-14(26-2)6-9-17(16)23-19(18)20(25)24(12)21-11-13-4-7-15(27-3)8-5-13/h4-11,23H,1-3H3/b21-11-. The summed E-state index contributed by atoms with van der Waals surface area (Å²) in [4.78, 5) is 21.9. The average Bonchev–Trinajstić information content (AvgIpc) is 3.06. The minimum atomic E-state index is -0.232. The van der Waals surface area contributed by atoms with E-state index in [4.69, 9.17) is 4.74 Å². The zero-order valence-electron chi connectivity index (χ0n) is 15.2. The lowest BCUT2D eigenvalue weighted by Crippen LogP contribution is -2.20. The monoisotopic (exact) mass is 378 g/mol. The Morgan fingerprint density at radius 1 is 1.22 bits per heavy atom. The molecule has 0 aliphatic rings. The summed E-state index contributed by atoms with van der Waals surface area (Å²) in [6.07, 6.45) is 3.69. The molecule has 136 valence electrons. The molecule has 0 saturated heterocycles. The molecule has 27 heavy (non-hydrogen) atoms. The van der Waals surface area contributed by atoms with Crippen molar-refractivity contribution in [1.82, 2.24) is 14.6 Å². The highest BCUT2D eigenvalue weighted by molar-refractivity contribution is 7.98. The van der Waals surface area contributed by atoms with Crippen LogP contribution in [0.3, 0.4) is 0 Å². The van der Waals surface area contributed by atoms with E-state index in [0.717, 1.165) is 22.2 Å². The summed E-state index contributed by atoms with van der Waals surface area (Å²) in [5, 5.41) is 5.21. The number of aryl methyl sites for hydroxylation is 1. The molecule has 0 fully saturated rings. The summed E-state index contributed by atoms with van der Waals surface area (Å²) >= 11 is 1.68. The minimum Gasteiger partial charge on any atom is -0.497 e. The van der Waals surface area contributed by atoms with Gasteiger partial charge in [0, 0.05) is 15.8 Å². The molecule has 4 rings (SSSR count). The lowest BCUT2D eigenvalue weighted by molar-refractivity contribution is 0.415. The molecular weight excluding hydrogens is 360 g/mol. The van der Waals surface area contributed by atoms with Gasteiger partial charge in [-0.25, -0.2) is 4.98 Å². The molecule has 7 heteroatoms. The third kappa shape index (κ3) is 3.10. The maximum absolute atomic E-state index is 12.9. The van der Waals surface area contributed by atoms with E-state index >= 15 is 0 Å². The maximum Gasteiger partial charge on any atom is 0.298 e. The third-order valence-corrected chi connectivity index (χ3v) is 5.15. The SMILES string of the molecule is COc1ccc2[nH]c3c(=O)n(/N=C\c4ccc(SC)cc4)c(C)nc3c2c1. The number of aromatic amines is 1. The highest BCUT2D eigenvalue weighted by Gasteiger charge is 2.13. The van der Waals surface area contributed by atoms with Crippen molar-refractivity contribution in [3.8, 4) is 5.75 Å². The summed E-state index contributed by atoms with van der Waals surface area (Å²) in [7, 11) is 1.61. The van der Waals surface area contributed by atoms with Crippen molar-refractivity contribution in [3.05, 3.63) is 64.2 Å². The fourth-order valence-corrected chi connectivity index (χ4v) is 3.38. The maximum atomic E-state index is 12.9. The highest BCUT2D eigenvalue weighted by Crippen LogP contribution is 2.26. The van der Waals surface area contributed by atoms with Crippen molar-refractivity contribution >= 4 is 39.9 Å². The van der Waals surface area contributed by atoms with Crippen LogP contribution < -0.4 is 10.3 Å². The number of nitrogens with one attached hydrogen (secondary N) is 1. The van der Waals surface area contributed by atoms with Gasteiger partial charge in [0.15, 0.2) is 0 Å². The summed E-state index contributed by atoms with van der Waals surface area (Å²) in [5.41, 5.74) is 2.58. The van der Waals surface area contributed by atoms with Gasteiger partial charge in [-0.05, 0) is 49.1 Å². The topological polar surface area (TPSA) is 72.3 Å². The van der Waals surface area contributed by atoms with Gasteiger partial charge in [-0.3, -0.25) is 4.79 Å². The number of aromatic nitrogens is 3. The average molecular weight is 378 g/mol. The summed E-state index contributed by atoms with van der Waals surface area (Å²) in [5.74, 6) is 1.24. The Morgan fingerprint density at radius 3 is 2.70 bits per heavy atom. The van der Waals surface area contributed by atoms with Crippen LogP contribution in [0.1, 0.15) is 11.4 Å². The van der Waals surface area contributed by atoms with Gasteiger partial charge >= 0.3 is 0 Å². The summed E-state index contributed by atoms with van der Waals surface area (Å²) in [6.45, 7) is 1.77. The van der Waals surface area contributed by atoms with Gasteiger partial charge in [-0.1, -0.05) is 12.1 Å². The predicted octanol–water partition coefficient (Wildman–Crippen LogP) is 3.80. The molecule has 6 nitrogen and oxygen atoms in total. The van der Waals surface area contributed by atoms with Crippen LogP contribution in [0.5, 0.6) is 5.75 Å². The Kier molecular flexibility index (Phi) is 4.45. The van der Waals surface area contributed by atoms with Crippen molar-refractivity contribution in [2.24, 2.45) is 5.10 Å². The molecule has 2 aromatic heterocycles. The van der Waals surface area contributed by atoms with Gasteiger partial charge in [0.25, 0.3) is 5.56 Å². The third-order valence-electron chi connectivity index (χ3n) is 4.40. The Balaban J connectivity index is 1.82. The van der Waals surface area contributed by atoms with E-state index in [0.29, 0.717) is 16.9 Å². The zero-order valence-corrected chi connectivity index (χ0v) is 16.0. The molecule has 0 bridgehead atoms. The summed E-state index contributed by atoms with van der Waals surface area (Å²) < 4.78 is 6.60. The van der Waals surface area contributed by atoms with E-state index in [9.17, 15) is 4.79 Å². The molecule has 0 atom stereocenters. The quantitative estimate of drug-likeness (QED) is 0.433. The molecule has 0 radical (unpaired) electrons. The number of hydrogen-bond donors (Lipinski definition) is 1. The van der Waals surface area contributed by atoms with Gasteiger partial charge in [0.2, 0.25) is 0 Å². The first-order valence-electron chi connectivity index (χ1n) is 8.38. The largest absolute Gasteiger partial charge is 0.497 e. The number of rotatable bonds is 4. The Morgan fingerprint density at radius 2 is 2.00 bits per heavy atom. The van der Waals surface area contributed by atoms with Crippen molar-refractivity contribution in [3.63, 3.8) is 0 Å². The minimum absolute atomic E-state index is 0.232. The van der Waals surface area contributed by atoms with Crippen LogP contribution in [0.4, 0.5) is 0 Å². The van der Waals surface area contributed by atoms with Crippen molar-refractivity contribution in [2.75, 3.05) is 13.4 Å². The molecule has 0 spiro atoms. The first kappa shape index (κ1) is 17.4. The van der Waals surface area contributed by atoms with E-state index in [1.807, 2.05) is 48.7 Å². The normalized spacial score (nSPS) is 11.7. The second-order valence-electron chi connectivity index (χ2n) is 6.05. The second-order valence-corrected chi connectivity index (χ2v) is 6.93. The Bertz CT molecular complexity index is 1220. The molecule has 1 N–H and O–H groups in total. The molecule has 2 aromatic carbocycles. The van der Waals surface area contributed by atoms with Crippen LogP contribution in [0.25, 0.3) is 21.9 Å². The lowest BCUT2D eigenvalue weighted by atomic mass is 10.2. The number of hydrogen-bond acceptors (Lipinski definition) is 5. The molecule has 0 aliphatic carbocycles. The van der Waals surface area contributed by atoms with Crippen LogP contribution in [0.2, 0.25) is 0 Å². The Labute approximate surface area is 159 Å². The van der Waals surface area contributed by atoms with Crippen LogP contribution in [-0.2, 0) is 0 Å². The van der Waals surface area contributed by atoms with Crippen LogP contribution in [-0.4, -0.2) is 34.2 Å². The van der Waals surface area contributed by atoms with Crippen molar-refractivity contribution < 1.29 is 4.74 Å². The van der Waals surface area contributed by atoms with E-state index in [1.165, 1.54) is 9.57 Å². The molecule has 0 amide bonds. The van der Waals surface area contributed by atoms with E-state index in [1.54, 1.807) is 32.0 Å². The van der Waals surface area contributed by atoms with E-state index in [-0.39, 0.29) is 5.56 Å². The zero-order chi connectivity index (χ0) is 19.0. The Hall–Kier alpha value is -3.06. The van der Waals surface area contributed by atoms with Crippen LogP contribution >= 0.6 is 11.8 Å².